The number of aryl methyl sites for hydroxylation is 1. The third kappa shape index (κ3) is 8.69. The van der Waals surface area contributed by atoms with Crippen LogP contribution in [0.2, 0.25) is 0 Å². The molecule has 0 bridgehead atoms. The highest BCUT2D eigenvalue weighted by molar-refractivity contribution is 14.0. The number of pyridine rings is 1. The summed E-state index contributed by atoms with van der Waals surface area (Å²) in [5.74, 6) is 1.04. The van der Waals surface area contributed by atoms with Gasteiger partial charge in [0.25, 0.3) is 0 Å². The lowest BCUT2D eigenvalue weighted by Gasteiger charge is -2.12. The molecule has 0 aliphatic heterocycles. The summed E-state index contributed by atoms with van der Waals surface area (Å²) in [6.07, 6.45) is 5.27. The number of carbonyl (C=O) groups excluding carboxylic acids is 1. The van der Waals surface area contributed by atoms with Gasteiger partial charge in [-0.1, -0.05) is 38.1 Å². The first-order chi connectivity index (χ1) is 13.1. The predicted octanol–water partition coefficient (Wildman–Crippen LogP) is 3.56. The average molecular weight is 495 g/mol. The number of anilines is 1. The molecule has 6 nitrogen and oxygen atoms in total. The Morgan fingerprint density at radius 2 is 1.89 bits per heavy atom. The van der Waals surface area contributed by atoms with Gasteiger partial charge in [0.05, 0.1) is 18.4 Å². The molecule has 28 heavy (non-hydrogen) atoms. The third-order valence-corrected chi connectivity index (χ3v) is 4.17. The smallest absolute Gasteiger partial charge is 0.243 e. The van der Waals surface area contributed by atoms with E-state index in [1.165, 1.54) is 11.1 Å². The van der Waals surface area contributed by atoms with Crippen LogP contribution in [-0.4, -0.2) is 37.0 Å². The largest absolute Gasteiger partial charge is 0.356 e. The molecule has 0 saturated carbocycles. The van der Waals surface area contributed by atoms with Gasteiger partial charge < -0.3 is 16.0 Å². The van der Waals surface area contributed by atoms with Crippen molar-refractivity contribution in [1.29, 1.82) is 0 Å². The SMILES string of the molecule is CN=C(NCCCc1ccc(C(C)C)cc1)NCC(=O)Nc1cccnc1.I. The number of guanidine groups is 1. The van der Waals surface area contributed by atoms with Crippen molar-refractivity contribution in [3.63, 3.8) is 0 Å². The zero-order chi connectivity index (χ0) is 19.5. The molecule has 152 valence electrons. The van der Waals surface area contributed by atoms with E-state index >= 15 is 0 Å². The van der Waals surface area contributed by atoms with Crippen LogP contribution >= 0.6 is 24.0 Å². The number of carbonyl (C=O) groups is 1. The Labute approximate surface area is 184 Å². The molecule has 1 aromatic heterocycles. The first-order valence-corrected chi connectivity index (χ1v) is 9.31. The van der Waals surface area contributed by atoms with Gasteiger partial charge in [0.1, 0.15) is 0 Å². The molecular weight excluding hydrogens is 465 g/mol. The number of aromatic nitrogens is 1. The van der Waals surface area contributed by atoms with Gasteiger partial charge in [0.2, 0.25) is 5.91 Å². The molecule has 0 radical (unpaired) electrons. The van der Waals surface area contributed by atoms with E-state index in [4.69, 9.17) is 0 Å². The summed E-state index contributed by atoms with van der Waals surface area (Å²) in [7, 11) is 1.69. The van der Waals surface area contributed by atoms with E-state index in [0.29, 0.717) is 17.6 Å². The topological polar surface area (TPSA) is 78.4 Å². The van der Waals surface area contributed by atoms with Crippen LogP contribution in [0.5, 0.6) is 0 Å². The van der Waals surface area contributed by atoms with E-state index in [9.17, 15) is 4.79 Å². The summed E-state index contributed by atoms with van der Waals surface area (Å²) >= 11 is 0. The number of nitrogens with one attached hydrogen (secondary N) is 3. The summed E-state index contributed by atoms with van der Waals surface area (Å²) in [6.45, 7) is 5.34. The van der Waals surface area contributed by atoms with E-state index in [1.54, 1.807) is 31.6 Å². The van der Waals surface area contributed by atoms with Gasteiger partial charge in [0, 0.05) is 19.8 Å². The van der Waals surface area contributed by atoms with Crippen LogP contribution in [0.25, 0.3) is 0 Å². The standard InChI is InChI=1S/C21H29N5O.HI/c1-16(2)18-10-8-17(9-11-18)6-4-13-24-21(22-3)25-15-20(27)26-19-7-5-12-23-14-19;/h5,7-12,14,16H,4,6,13,15H2,1-3H3,(H,26,27)(H2,22,24,25);1H. The maximum absolute atomic E-state index is 11.9. The van der Waals surface area contributed by atoms with Crippen molar-refractivity contribution in [2.75, 3.05) is 25.5 Å². The Bertz CT molecular complexity index is 732. The fourth-order valence-corrected chi connectivity index (χ4v) is 2.60. The van der Waals surface area contributed by atoms with Crippen LogP contribution in [0.3, 0.4) is 0 Å². The Balaban J connectivity index is 0.00000392. The van der Waals surface area contributed by atoms with Crippen LogP contribution in [0.15, 0.2) is 53.8 Å². The van der Waals surface area contributed by atoms with Crippen molar-refractivity contribution >= 4 is 41.5 Å². The molecule has 0 atom stereocenters. The molecule has 0 unspecified atom stereocenters. The normalized spacial score (nSPS) is 10.9. The van der Waals surface area contributed by atoms with Crippen molar-refractivity contribution in [1.82, 2.24) is 15.6 Å². The van der Waals surface area contributed by atoms with E-state index < -0.39 is 0 Å². The zero-order valence-corrected chi connectivity index (χ0v) is 19.1. The maximum atomic E-state index is 11.9. The lowest BCUT2D eigenvalue weighted by Crippen LogP contribution is -2.41. The highest BCUT2D eigenvalue weighted by Gasteiger charge is 2.04. The van der Waals surface area contributed by atoms with Gasteiger partial charge in [-0.3, -0.25) is 14.8 Å². The summed E-state index contributed by atoms with van der Waals surface area (Å²) in [6, 6.07) is 12.4. The first kappa shape index (κ1) is 23.9. The fourth-order valence-electron chi connectivity index (χ4n) is 2.60. The maximum Gasteiger partial charge on any atom is 0.243 e. The number of amides is 1. The van der Waals surface area contributed by atoms with Crippen molar-refractivity contribution in [2.45, 2.75) is 32.6 Å². The lowest BCUT2D eigenvalue weighted by atomic mass is 10.0. The molecule has 0 fully saturated rings. The minimum Gasteiger partial charge on any atom is -0.356 e. The number of aliphatic imine (C=N–C) groups is 1. The number of nitrogens with zero attached hydrogens (tertiary/aromatic N) is 2. The first-order valence-electron chi connectivity index (χ1n) is 9.31. The number of halogens is 1. The van der Waals surface area contributed by atoms with Gasteiger partial charge in [0.15, 0.2) is 5.96 Å². The second-order valence-electron chi connectivity index (χ2n) is 6.64. The minimum absolute atomic E-state index is 0. The molecule has 2 aromatic rings. The summed E-state index contributed by atoms with van der Waals surface area (Å²) in [5, 5.41) is 9.03. The highest BCUT2D eigenvalue weighted by atomic mass is 127. The average Bonchev–Trinajstić information content (AvgIpc) is 2.68. The Hall–Kier alpha value is -2.16. The second kappa shape index (κ2) is 13.1. The van der Waals surface area contributed by atoms with Gasteiger partial charge in [-0.05, 0) is 42.0 Å². The van der Waals surface area contributed by atoms with Crippen molar-refractivity contribution in [3.05, 3.63) is 59.9 Å². The molecule has 3 N–H and O–H groups in total. The molecule has 1 amide bonds. The van der Waals surface area contributed by atoms with Crippen LogP contribution in [0, 0.1) is 0 Å². The zero-order valence-electron chi connectivity index (χ0n) is 16.7. The van der Waals surface area contributed by atoms with Gasteiger partial charge >= 0.3 is 0 Å². The van der Waals surface area contributed by atoms with Crippen LogP contribution in [0.1, 0.15) is 37.3 Å². The molecule has 0 saturated heterocycles. The van der Waals surface area contributed by atoms with Crippen LogP contribution < -0.4 is 16.0 Å². The van der Waals surface area contributed by atoms with Crippen molar-refractivity contribution in [2.24, 2.45) is 4.99 Å². The molecule has 0 aliphatic carbocycles. The summed E-state index contributed by atoms with van der Waals surface area (Å²) in [4.78, 5) is 20.0. The van der Waals surface area contributed by atoms with Gasteiger partial charge in [-0.2, -0.15) is 0 Å². The number of hydrogen-bond acceptors (Lipinski definition) is 3. The summed E-state index contributed by atoms with van der Waals surface area (Å²) < 4.78 is 0. The molecular formula is C21H30IN5O. The Morgan fingerprint density at radius 3 is 2.50 bits per heavy atom. The van der Waals surface area contributed by atoms with Gasteiger partial charge in [-0.25, -0.2) is 0 Å². The molecule has 1 aromatic carbocycles. The number of hydrogen-bond donors (Lipinski definition) is 3. The van der Waals surface area contributed by atoms with Gasteiger partial charge in [-0.15, -0.1) is 24.0 Å². The van der Waals surface area contributed by atoms with E-state index in [2.05, 4.69) is 64.0 Å². The number of benzene rings is 1. The highest BCUT2D eigenvalue weighted by Crippen LogP contribution is 2.15. The Morgan fingerprint density at radius 1 is 1.14 bits per heavy atom. The molecule has 7 heteroatoms. The molecule has 1 heterocycles. The third-order valence-electron chi connectivity index (χ3n) is 4.17. The second-order valence-corrected chi connectivity index (χ2v) is 6.64. The van der Waals surface area contributed by atoms with Crippen LogP contribution in [0.4, 0.5) is 5.69 Å². The molecule has 0 spiro atoms. The lowest BCUT2D eigenvalue weighted by molar-refractivity contribution is -0.115. The van der Waals surface area contributed by atoms with Crippen molar-refractivity contribution < 1.29 is 4.79 Å². The number of rotatable bonds is 8. The van der Waals surface area contributed by atoms with Crippen LogP contribution in [-0.2, 0) is 11.2 Å². The quantitative estimate of drug-likeness (QED) is 0.227. The predicted molar refractivity (Wildman–Crippen MR) is 126 cm³/mol. The van der Waals surface area contributed by atoms with E-state index in [0.717, 1.165) is 19.4 Å². The minimum atomic E-state index is -0.142. The van der Waals surface area contributed by atoms with Crippen molar-refractivity contribution in [3.8, 4) is 0 Å². The monoisotopic (exact) mass is 495 g/mol. The Kier molecular flexibility index (Phi) is 11.2. The van der Waals surface area contributed by atoms with E-state index in [1.807, 2.05) is 0 Å². The summed E-state index contributed by atoms with van der Waals surface area (Å²) in [5.41, 5.74) is 3.38. The van der Waals surface area contributed by atoms with E-state index in [-0.39, 0.29) is 36.4 Å². The fraction of sp³-hybridized carbons (Fsp3) is 0.381. The molecule has 2 rings (SSSR count). The molecule has 0 aliphatic rings.